The van der Waals surface area contributed by atoms with Crippen molar-refractivity contribution in [3.8, 4) is 11.3 Å². The van der Waals surface area contributed by atoms with Crippen LogP contribution in [0.1, 0.15) is 10.7 Å². The molecule has 0 bridgehead atoms. The number of nitrogens with one attached hydrogen (secondary N) is 1. The first-order chi connectivity index (χ1) is 9.83. The molecule has 0 aliphatic carbocycles. The summed E-state index contributed by atoms with van der Waals surface area (Å²) in [6.07, 6.45) is 1.82. The van der Waals surface area contributed by atoms with Gasteiger partial charge in [0, 0.05) is 0 Å². The zero-order valence-electron chi connectivity index (χ0n) is 10.8. The number of nitrogens with zero attached hydrogens (tertiary/aromatic N) is 2. The number of aliphatic imine (C=N–C) groups is 1. The Labute approximate surface area is 121 Å². The van der Waals surface area contributed by atoms with E-state index in [0.29, 0.717) is 12.4 Å². The smallest absolute Gasteiger partial charge is 0.136 e. The molecule has 3 rings (SSSR count). The summed E-state index contributed by atoms with van der Waals surface area (Å²) in [5, 5.41) is 1.98. The fourth-order valence-corrected chi connectivity index (χ4v) is 2.52. The molecule has 2 heterocycles. The number of hydrogen-bond acceptors (Lipinski definition) is 3. The Hall–Kier alpha value is -2.40. The van der Waals surface area contributed by atoms with Crippen molar-refractivity contribution < 1.29 is 0 Å². The number of H-pyrrole nitrogens is 1. The first-order valence-electron chi connectivity index (χ1n) is 6.26. The van der Waals surface area contributed by atoms with Gasteiger partial charge in [0.05, 0.1) is 23.3 Å². The highest BCUT2D eigenvalue weighted by molar-refractivity contribution is 7.12. The summed E-state index contributed by atoms with van der Waals surface area (Å²) in [5.74, 6) is 1.36. The quantitative estimate of drug-likeness (QED) is 0.570. The second kappa shape index (κ2) is 5.71. The second-order valence-corrected chi connectivity index (χ2v) is 5.24. The fraction of sp³-hybridized carbons (Fsp3) is 0.0667. The molecule has 3 N–H and O–H groups in total. The van der Waals surface area contributed by atoms with Crippen molar-refractivity contribution in [2.75, 3.05) is 0 Å². The SMILES string of the molecule is NC(=NCc1ncc(-c2ccccc2)[nH]1)c1cccs1. The highest BCUT2D eigenvalue weighted by Crippen LogP contribution is 2.16. The van der Waals surface area contributed by atoms with Crippen molar-refractivity contribution in [2.45, 2.75) is 6.54 Å². The third-order valence-electron chi connectivity index (χ3n) is 2.89. The minimum absolute atomic E-state index is 0.455. The number of benzene rings is 1. The van der Waals surface area contributed by atoms with Gasteiger partial charge in [-0.2, -0.15) is 0 Å². The molecule has 4 nitrogen and oxygen atoms in total. The van der Waals surface area contributed by atoms with E-state index in [1.54, 1.807) is 11.3 Å². The van der Waals surface area contributed by atoms with Gasteiger partial charge in [0.25, 0.3) is 0 Å². The van der Waals surface area contributed by atoms with Crippen LogP contribution in [0, 0.1) is 0 Å². The predicted octanol–water partition coefficient (Wildman–Crippen LogP) is 3.04. The number of aromatic nitrogens is 2. The lowest BCUT2D eigenvalue weighted by molar-refractivity contribution is 0.948. The minimum atomic E-state index is 0.455. The molecule has 0 aliphatic rings. The van der Waals surface area contributed by atoms with Crippen LogP contribution in [0.4, 0.5) is 0 Å². The Balaban J connectivity index is 1.74. The van der Waals surface area contributed by atoms with E-state index in [9.17, 15) is 0 Å². The van der Waals surface area contributed by atoms with Crippen molar-refractivity contribution in [3.63, 3.8) is 0 Å². The van der Waals surface area contributed by atoms with E-state index < -0.39 is 0 Å². The zero-order chi connectivity index (χ0) is 13.8. The highest BCUT2D eigenvalue weighted by atomic mass is 32.1. The zero-order valence-corrected chi connectivity index (χ0v) is 11.6. The van der Waals surface area contributed by atoms with Crippen molar-refractivity contribution in [1.29, 1.82) is 0 Å². The van der Waals surface area contributed by atoms with Crippen LogP contribution in [-0.2, 0) is 6.54 Å². The molecule has 0 spiro atoms. The summed E-state index contributed by atoms with van der Waals surface area (Å²) >= 11 is 1.58. The third kappa shape index (κ3) is 2.78. The number of rotatable bonds is 4. The number of amidine groups is 1. The number of hydrogen-bond donors (Lipinski definition) is 2. The molecule has 2 aromatic heterocycles. The van der Waals surface area contributed by atoms with Gasteiger partial charge in [0.1, 0.15) is 11.7 Å². The van der Waals surface area contributed by atoms with E-state index in [1.165, 1.54) is 0 Å². The normalized spacial score (nSPS) is 11.7. The number of imidazole rings is 1. The molecule has 20 heavy (non-hydrogen) atoms. The van der Waals surface area contributed by atoms with E-state index in [4.69, 9.17) is 5.73 Å². The Morgan fingerprint density at radius 2 is 2.05 bits per heavy atom. The first kappa shape index (κ1) is 12.6. The largest absolute Gasteiger partial charge is 0.383 e. The molecular weight excluding hydrogens is 268 g/mol. The summed E-state index contributed by atoms with van der Waals surface area (Å²) < 4.78 is 0. The summed E-state index contributed by atoms with van der Waals surface area (Å²) in [6.45, 7) is 0.455. The first-order valence-corrected chi connectivity index (χ1v) is 7.14. The Morgan fingerprint density at radius 3 is 2.80 bits per heavy atom. The van der Waals surface area contributed by atoms with Gasteiger partial charge in [-0.15, -0.1) is 11.3 Å². The third-order valence-corrected chi connectivity index (χ3v) is 3.78. The van der Waals surface area contributed by atoms with E-state index in [1.807, 2.05) is 54.0 Å². The molecule has 0 saturated heterocycles. The average molecular weight is 282 g/mol. The van der Waals surface area contributed by atoms with Crippen LogP contribution in [-0.4, -0.2) is 15.8 Å². The van der Waals surface area contributed by atoms with Crippen molar-refractivity contribution >= 4 is 17.2 Å². The topological polar surface area (TPSA) is 67.1 Å². The van der Waals surface area contributed by atoms with E-state index in [-0.39, 0.29) is 0 Å². The van der Waals surface area contributed by atoms with Crippen LogP contribution in [0.2, 0.25) is 0 Å². The van der Waals surface area contributed by atoms with Gasteiger partial charge in [-0.1, -0.05) is 36.4 Å². The standard InChI is InChI=1S/C15H14N4S/c16-15(13-7-4-8-20-13)18-10-14-17-9-12(19-14)11-5-2-1-3-6-11/h1-9H,10H2,(H2,16,18)(H,17,19). The Bertz CT molecular complexity index is 699. The second-order valence-electron chi connectivity index (χ2n) is 4.29. The van der Waals surface area contributed by atoms with Gasteiger partial charge in [0.15, 0.2) is 0 Å². The Kier molecular flexibility index (Phi) is 3.60. The van der Waals surface area contributed by atoms with Crippen LogP contribution in [0.3, 0.4) is 0 Å². The molecule has 0 radical (unpaired) electrons. The summed E-state index contributed by atoms with van der Waals surface area (Å²) in [4.78, 5) is 12.9. The van der Waals surface area contributed by atoms with Gasteiger partial charge >= 0.3 is 0 Å². The lowest BCUT2D eigenvalue weighted by atomic mass is 10.2. The maximum absolute atomic E-state index is 5.92. The molecular formula is C15H14N4S. The molecule has 1 aromatic carbocycles. The van der Waals surface area contributed by atoms with Crippen molar-refractivity contribution in [3.05, 3.63) is 64.7 Å². The van der Waals surface area contributed by atoms with Gasteiger partial charge in [0.2, 0.25) is 0 Å². The van der Waals surface area contributed by atoms with Crippen LogP contribution in [0.5, 0.6) is 0 Å². The molecule has 0 unspecified atom stereocenters. The molecule has 0 fully saturated rings. The molecule has 0 aliphatic heterocycles. The lowest BCUT2D eigenvalue weighted by Crippen LogP contribution is -2.11. The van der Waals surface area contributed by atoms with Crippen molar-refractivity contribution in [1.82, 2.24) is 9.97 Å². The van der Waals surface area contributed by atoms with E-state index in [2.05, 4.69) is 15.0 Å². The average Bonchev–Trinajstić information content (AvgIpc) is 3.17. The maximum Gasteiger partial charge on any atom is 0.136 e. The monoisotopic (exact) mass is 282 g/mol. The van der Waals surface area contributed by atoms with Gasteiger partial charge < -0.3 is 10.7 Å². The molecule has 0 saturated carbocycles. The summed E-state index contributed by atoms with van der Waals surface area (Å²) in [6, 6.07) is 14.0. The molecule has 100 valence electrons. The molecule has 0 atom stereocenters. The number of thiophene rings is 1. The van der Waals surface area contributed by atoms with Crippen LogP contribution in [0.15, 0.2) is 59.0 Å². The predicted molar refractivity (Wildman–Crippen MR) is 82.8 cm³/mol. The maximum atomic E-state index is 5.92. The number of nitrogens with two attached hydrogens (primary N) is 1. The summed E-state index contributed by atoms with van der Waals surface area (Å²) in [7, 11) is 0. The molecule has 3 aromatic rings. The molecule has 0 amide bonds. The van der Waals surface area contributed by atoms with Gasteiger partial charge in [-0.25, -0.2) is 4.98 Å². The van der Waals surface area contributed by atoms with E-state index in [0.717, 1.165) is 22.0 Å². The highest BCUT2D eigenvalue weighted by Gasteiger charge is 2.03. The summed E-state index contributed by atoms with van der Waals surface area (Å²) in [5.41, 5.74) is 8.03. The Morgan fingerprint density at radius 1 is 1.20 bits per heavy atom. The van der Waals surface area contributed by atoms with Crippen molar-refractivity contribution in [2.24, 2.45) is 10.7 Å². The van der Waals surface area contributed by atoms with Gasteiger partial charge in [-0.05, 0) is 17.0 Å². The minimum Gasteiger partial charge on any atom is -0.383 e. The fourth-order valence-electron chi connectivity index (χ4n) is 1.87. The molecule has 5 heteroatoms. The van der Waals surface area contributed by atoms with E-state index >= 15 is 0 Å². The lowest BCUT2D eigenvalue weighted by Gasteiger charge is -1.97. The van der Waals surface area contributed by atoms with Gasteiger partial charge in [-0.3, -0.25) is 4.99 Å². The van der Waals surface area contributed by atoms with Crippen LogP contribution in [0.25, 0.3) is 11.3 Å². The number of aromatic amines is 1. The van der Waals surface area contributed by atoms with Crippen LogP contribution < -0.4 is 5.73 Å². The van der Waals surface area contributed by atoms with Crippen LogP contribution >= 0.6 is 11.3 Å².